The van der Waals surface area contributed by atoms with E-state index in [-0.39, 0.29) is 17.6 Å². The molecule has 0 heterocycles. The Hall–Kier alpha value is -0.810. The van der Waals surface area contributed by atoms with Crippen molar-refractivity contribution >= 4 is 6.09 Å². The Kier molecular flexibility index (Phi) is 6.68. The maximum atomic E-state index is 11.7. The minimum absolute atomic E-state index is 0.00143. The summed E-state index contributed by atoms with van der Waals surface area (Å²) in [5.41, 5.74) is -0.720. The van der Waals surface area contributed by atoms with Gasteiger partial charge in [0.05, 0.1) is 0 Å². The van der Waals surface area contributed by atoms with E-state index in [0.717, 1.165) is 19.4 Å². The van der Waals surface area contributed by atoms with Gasteiger partial charge in [0, 0.05) is 30.7 Å². The Bertz CT molecular complexity index is 355. The van der Waals surface area contributed by atoms with E-state index in [4.69, 9.17) is 4.74 Å². The van der Waals surface area contributed by atoms with E-state index in [1.165, 1.54) is 19.3 Å². The van der Waals surface area contributed by atoms with Crippen molar-refractivity contribution in [3.05, 3.63) is 0 Å². The summed E-state index contributed by atoms with van der Waals surface area (Å²) in [6, 6.07) is 0. The Labute approximate surface area is 135 Å². The van der Waals surface area contributed by atoms with Gasteiger partial charge in [-0.05, 0) is 47.5 Å². The van der Waals surface area contributed by atoms with Gasteiger partial charge in [-0.25, -0.2) is 4.79 Å². The molecule has 0 aromatic rings. The molecule has 1 rings (SSSR count). The molecule has 22 heavy (non-hydrogen) atoms. The lowest BCUT2D eigenvalue weighted by molar-refractivity contribution is 0.0499. The zero-order valence-electron chi connectivity index (χ0n) is 14.9. The van der Waals surface area contributed by atoms with Crippen LogP contribution in [-0.2, 0) is 4.74 Å². The molecule has 0 aromatic carbocycles. The first-order chi connectivity index (χ1) is 10.1. The van der Waals surface area contributed by atoms with E-state index in [1.54, 1.807) is 0 Å². The first-order valence-electron chi connectivity index (χ1n) is 8.40. The van der Waals surface area contributed by atoms with Crippen molar-refractivity contribution in [1.29, 1.82) is 0 Å². The Morgan fingerprint density at radius 3 is 2.23 bits per heavy atom. The third kappa shape index (κ3) is 6.97. The van der Waals surface area contributed by atoms with Gasteiger partial charge in [-0.3, -0.25) is 0 Å². The van der Waals surface area contributed by atoms with Crippen LogP contribution in [0.15, 0.2) is 0 Å². The topological polar surface area (TPSA) is 70.6 Å². The number of amides is 1. The van der Waals surface area contributed by atoms with Crippen LogP contribution in [0.5, 0.6) is 0 Å². The van der Waals surface area contributed by atoms with Crippen LogP contribution in [0.25, 0.3) is 0 Å². The molecule has 3 N–H and O–H groups in total. The Morgan fingerprint density at radius 1 is 1.14 bits per heavy atom. The van der Waals surface area contributed by atoms with E-state index in [9.17, 15) is 9.90 Å². The van der Waals surface area contributed by atoms with Gasteiger partial charge in [-0.1, -0.05) is 19.3 Å². The minimum atomic E-state index is -0.481. The van der Waals surface area contributed by atoms with Crippen molar-refractivity contribution in [3.8, 4) is 0 Å². The summed E-state index contributed by atoms with van der Waals surface area (Å²) in [5, 5.41) is 16.1. The van der Waals surface area contributed by atoms with Gasteiger partial charge >= 0.3 is 6.09 Å². The number of ether oxygens (including phenoxy) is 1. The molecule has 5 nitrogen and oxygen atoms in total. The second-order valence-electron chi connectivity index (χ2n) is 8.31. The molecule has 5 heteroatoms. The third-order valence-electron chi connectivity index (χ3n) is 4.27. The molecule has 0 saturated heterocycles. The summed E-state index contributed by atoms with van der Waals surface area (Å²) in [7, 11) is 0. The summed E-state index contributed by atoms with van der Waals surface area (Å²) in [5.74, 6) is 0. The number of hydrogen-bond acceptors (Lipinski definition) is 4. The molecule has 0 aliphatic heterocycles. The van der Waals surface area contributed by atoms with Crippen LogP contribution in [0, 0.1) is 5.41 Å². The molecule has 1 fully saturated rings. The normalized spacial score (nSPS) is 18.8. The van der Waals surface area contributed by atoms with Crippen molar-refractivity contribution in [3.63, 3.8) is 0 Å². The molecule has 1 aliphatic carbocycles. The highest BCUT2D eigenvalue weighted by Crippen LogP contribution is 2.35. The third-order valence-corrected chi connectivity index (χ3v) is 4.27. The van der Waals surface area contributed by atoms with Crippen LogP contribution in [0.1, 0.15) is 66.7 Å². The quantitative estimate of drug-likeness (QED) is 0.705. The van der Waals surface area contributed by atoms with Crippen molar-refractivity contribution in [2.45, 2.75) is 77.9 Å². The molecule has 0 spiro atoms. The second-order valence-corrected chi connectivity index (χ2v) is 8.31. The molecular weight excluding hydrogens is 280 g/mol. The number of carbonyl (C=O) groups excluding carboxylic acids is 1. The molecule has 130 valence electrons. The predicted molar refractivity (Wildman–Crippen MR) is 88.9 cm³/mol. The fourth-order valence-corrected chi connectivity index (χ4v) is 2.79. The number of aliphatic hydroxyl groups excluding tert-OH is 1. The molecule has 0 bridgehead atoms. The maximum absolute atomic E-state index is 11.7. The average molecular weight is 314 g/mol. The highest BCUT2D eigenvalue weighted by atomic mass is 16.6. The predicted octanol–water partition coefficient (Wildman–Crippen LogP) is 2.82. The van der Waals surface area contributed by atoms with Crippen LogP contribution in [0.2, 0.25) is 0 Å². The van der Waals surface area contributed by atoms with E-state index in [0.29, 0.717) is 6.54 Å². The zero-order chi connectivity index (χ0) is 16.9. The molecule has 0 unspecified atom stereocenters. The van der Waals surface area contributed by atoms with Crippen molar-refractivity contribution < 1.29 is 14.6 Å². The molecule has 0 radical (unpaired) electrons. The lowest BCUT2D eigenvalue weighted by atomic mass is 9.74. The van der Waals surface area contributed by atoms with Crippen molar-refractivity contribution in [2.24, 2.45) is 5.41 Å². The van der Waals surface area contributed by atoms with Gasteiger partial charge in [0.2, 0.25) is 0 Å². The number of nitrogens with one attached hydrogen (secondary N) is 2. The van der Waals surface area contributed by atoms with E-state index in [2.05, 4.69) is 24.5 Å². The molecule has 1 amide bonds. The lowest BCUT2D eigenvalue weighted by Crippen LogP contribution is -2.53. The lowest BCUT2D eigenvalue weighted by Gasteiger charge is -2.39. The molecule has 1 aliphatic rings. The first-order valence-corrected chi connectivity index (χ1v) is 8.40. The first kappa shape index (κ1) is 19.2. The van der Waals surface area contributed by atoms with E-state index in [1.807, 2.05) is 20.8 Å². The summed E-state index contributed by atoms with van der Waals surface area (Å²) >= 11 is 0. The van der Waals surface area contributed by atoms with Crippen LogP contribution in [-0.4, -0.2) is 42.0 Å². The number of hydrogen-bond donors (Lipinski definition) is 3. The smallest absolute Gasteiger partial charge is 0.407 e. The van der Waals surface area contributed by atoms with Gasteiger partial charge < -0.3 is 20.5 Å². The SMILES string of the molecule is CC(C)(CNC(=O)OC(C)(C)C)NCC1(CO)CCCCC1. The average Bonchev–Trinajstić information content (AvgIpc) is 2.43. The van der Waals surface area contributed by atoms with Crippen molar-refractivity contribution in [2.75, 3.05) is 19.7 Å². The summed E-state index contributed by atoms with van der Waals surface area (Å²) in [6.07, 6.45) is 5.41. The van der Waals surface area contributed by atoms with Crippen molar-refractivity contribution in [1.82, 2.24) is 10.6 Å². The maximum Gasteiger partial charge on any atom is 0.407 e. The second kappa shape index (κ2) is 7.64. The van der Waals surface area contributed by atoms with Gasteiger partial charge in [0.1, 0.15) is 5.60 Å². The monoisotopic (exact) mass is 314 g/mol. The molecule has 0 atom stereocenters. The number of rotatable bonds is 6. The van der Waals surface area contributed by atoms with Crippen LogP contribution < -0.4 is 10.6 Å². The fourth-order valence-electron chi connectivity index (χ4n) is 2.79. The van der Waals surface area contributed by atoms with E-state index >= 15 is 0 Å². The summed E-state index contributed by atoms with van der Waals surface area (Å²) < 4.78 is 5.25. The number of carbonyl (C=O) groups is 1. The zero-order valence-corrected chi connectivity index (χ0v) is 14.9. The number of aliphatic hydroxyl groups is 1. The standard InChI is InChI=1S/C17H34N2O3/c1-15(2,3)22-14(21)18-11-16(4,5)19-12-17(13-20)9-7-6-8-10-17/h19-20H,6-13H2,1-5H3,(H,18,21). The van der Waals surface area contributed by atoms with E-state index < -0.39 is 11.7 Å². The molecular formula is C17H34N2O3. The minimum Gasteiger partial charge on any atom is -0.444 e. The summed E-state index contributed by atoms with van der Waals surface area (Å²) in [6.45, 7) is 11.2. The Morgan fingerprint density at radius 2 is 1.73 bits per heavy atom. The highest BCUT2D eigenvalue weighted by Gasteiger charge is 2.33. The van der Waals surface area contributed by atoms with Gasteiger partial charge in [0.25, 0.3) is 0 Å². The van der Waals surface area contributed by atoms with Crippen LogP contribution in [0.4, 0.5) is 4.79 Å². The highest BCUT2D eigenvalue weighted by molar-refractivity contribution is 5.67. The van der Waals surface area contributed by atoms with Crippen LogP contribution >= 0.6 is 0 Å². The molecule has 1 saturated carbocycles. The van der Waals surface area contributed by atoms with Crippen LogP contribution in [0.3, 0.4) is 0 Å². The largest absolute Gasteiger partial charge is 0.444 e. The van der Waals surface area contributed by atoms with Gasteiger partial charge in [-0.15, -0.1) is 0 Å². The Balaban J connectivity index is 2.41. The van der Waals surface area contributed by atoms with Gasteiger partial charge in [-0.2, -0.15) is 0 Å². The summed E-state index contributed by atoms with van der Waals surface area (Å²) in [4.78, 5) is 11.7. The fraction of sp³-hybridized carbons (Fsp3) is 0.941. The number of alkyl carbamates (subject to hydrolysis) is 1. The van der Waals surface area contributed by atoms with Gasteiger partial charge in [0.15, 0.2) is 0 Å². The molecule has 0 aromatic heterocycles.